The summed E-state index contributed by atoms with van der Waals surface area (Å²) in [6.07, 6.45) is 20.7. The quantitative estimate of drug-likeness (QED) is 0.143. The normalized spacial score (nSPS) is 34.1. The summed E-state index contributed by atoms with van der Waals surface area (Å²) in [5, 5.41) is 40.5. The molecule has 0 amide bonds. The van der Waals surface area contributed by atoms with Crippen LogP contribution in [0.4, 0.5) is 0 Å². The number of hydrogen-bond donors (Lipinski definition) is 4. The fourth-order valence-corrected chi connectivity index (χ4v) is 17.2. The van der Waals surface area contributed by atoms with Gasteiger partial charge < -0.3 is 29.9 Å². The lowest BCUT2D eigenvalue weighted by Gasteiger charge is -2.44. The molecule has 8 rings (SSSR count). The molecule has 6 aliphatic rings. The second kappa shape index (κ2) is 23.4. The third-order valence-corrected chi connectivity index (χ3v) is 22.0. The van der Waals surface area contributed by atoms with E-state index in [0.717, 1.165) is 73.7 Å². The molecule has 6 fully saturated rings. The van der Waals surface area contributed by atoms with Crippen molar-refractivity contribution in [3.8, 4) is 11.5 Å². The van der Waals surface area contributed by atoms with E-state index in [1.54, 1.807) is 62.8 Å². The Morgan fingerprint density at radius 3 is 1.31 bits per heavy atom. The number of ether oxygens (including phenoxy) is 2. The number of hydrogen-bond acceptors (Lipinski definition) is 10. The number of sulfone groups is 2. The second-order valence-electron chi connectivity index (χ2n) is 22.8. The van der Waals surface area contributed by atoms with Gasteiger partial charge in [-0.25, -0.2) is 16.8 Å². The number of aliphatic hydroxyl groups excluding tert-OH is 4. The van der Waals surface area contributed by atoms with Crippen molar-refractivity contribution in [1.29, 1.82) is 0 Å². The first-order chi connectivity index (χ1) is 34.1. The lowest BCUT2D eigenvalue weighted by Crippen LogP contribution is -2.36. The predicted octanol–water partition coefficient (Wildman–Crippen LogP) is 11.3. The SMILES string of the molecule is C=C1/C(=C\C=C2/CCC[C@]3(C)[C@@H]([C@H](C)CCS(=O)(=O)c4ccc(OC)cc4)CC[C@@H]23)C[C@@H](O)C[C@@H]1O.C=C1/C(=C\C=C2/CCC[C@]3(C)[C@@H]([C@H](C)CCS(=O)(=O)c4ccc(OC)cc4)CC[C@@H]23)C[C@H](O)C[C@H]1O. The van der Waals surface area contributed by atoms with Gasteiger partial charge in [-0.3, -0.25) is 0 Å². The van der Waals surface area contributed by atoms with E-state index in [1.807, 2.05) is 0 Å². The third-order valence-electron chi connectivity index (χ3n) is 18.5. The number of allylic oxidation sites excluding steroid dienone is 6. The third kappa shape index (κ3) is 12.5. The van der Waals surface area contributed by atoms with Crippen LogP contribution in [-0.2, 0) is 19.7 Å². The lowest BCUT2D eigenvalue weighted by molar-refractivity contribution is 0.0855. The summed E-state index contributed by atoms with van der Waals surface area (Å²) < 4.78 is 62.2. The Morgan fingerprint density at radius 2 is 0.958 bits per heavy atom. The molecule has 0 radical (unpaired) electrons. The summed E-state index contributed by atoms with van der Waals surface area (Å²) in [6, 6.07) is 13.4. The average molecular weight is 1030 g/mol. The Kier molecular flexibility index (Phi) is 18.2. The van der Waals surface area contributed by atoms with E-state index in [0.29, 0.717) is 95.3 Å². The molecule has 10 nitrogen and oxygen atoms in total. The van der Waals surface area contributed by atoms with E-state index in [2.05, 4.69) is 65.2 Å². The van der Waals surface area contributed by atoms with E-state index < -0.39 is 44.1 Å². The number of benzene rings is 2. The zero-order valence-electron chi connectivity index (χ0n) is 43.9. The summed E-state index contributed by atoms with van der Waals surface area (Å²) in [6.45, 7) is 17.4. The number of fused-ring (bicyclic) bond motifs is 2. The summed E-state index contributed by atoms with van der Waals surface area (Å²) in [5.41, 5.74) is 6.63. The van der Waals surface area contributed by atoms with Gasteiger partial charge in [0, 0.05) is 12.8 Å². The smallest absolute Gasteiger partial charge is 0.178 e. The van der Waals surface area contributed by atoms with Crippen molar-refractivity contribution < 1.29 is 46.7 Å². The van der Waals surface area contributed by atoms with Crippen LogP contribution in [0, 0.1) is 46.3 Å². The molecule has 0 heterocycles. The maximum atomic E-state index is 13.0. The van der Waals surface area contributed by atoms with Crippen molar-refractivity contribution >= 4 is 19.7 Å². The highest BCUT2D eigenvalue weighted by atomic mass is 32.2. The fraction of sp³-hybridized carbons (Fsp3) is 0.600. The van der Waals surface area contributed by atoms with Crippen LogP contribution in [0.1, 0.15) is 130 Å². The molecule has 0 bridgehead atoms. The second-order valence-corrected chi connectivity index (χ2v) is 27.1. The molecular formula is C60H84O10S2. The van der Waals surface area contributed by atoms with Crippen molar-refractivity contribution in [2.75, 3.05) is 25.7 Å². The van der Waals surface area contributed by atoms with Crippen LogP contribution >= 0.6 is 0 Å². The highest BCUT2D eigenvalue weighted by molar-refractivity contribution is 7.91. The van der Waals surface area contributed by atoms with Crippen LogP contribution < -0.4 is 9.47 Å². The molecular weight excluding hydrogens is 945 g/mol. The minimum atomic E-state index is -3.33. The molecule has 0 aromatic heterocycles. The van der Waals surface area contributed by atoms with Gasteiger partial charge in [0.05, 0.1) is 59.9 Å². The van der Waals surface area contributed by atoms with E-state index >= 15 is 0 Å². The van der Waals surface area contributed by atoms with Crippen LogP contribution in [0.3, 0.4) is 0 Å². The first-order valence-corrected chi connectivity index (χ1v) is 30.0. The molecule has 0 aliphatic heterocycles. The standard InChI is InChI=1S/2C30H42O5S/c2*1-20(15-17-36(33,34)26-11-9-25(35-4)10-12-26)27-13-14-28-22(6-5-16-30(27,28)3)7-8-23-18-24(31)19-29(32)21(23)2/h2*7-12,20,24,27-29,31-32H,2,5-6,13-19H2,1,3-4H3/b2*22-7+,23-8-/t20-,24+,27-,28+,29-,30-;20-,24-,27-,28+,29+,30-/m11/s1. The largest absolute Gasteiger partial charge is 0.497 e. The maximum Gasteiger partial charge on any atom is 0.178 e. The molecule has 2 aromatic carbocycles. The molecule has 4 N–H and O–H groups in total. The molecule has 2 aromatic rings. The Hall–Kier alpha value is -3.78. The van der Waals surface area contributed by atoms with Gasteiger partial charge in [-0.1, -0.05) is 76.3 Å². The minimum absolute atomic E-state index is 0.166. The van der Waals surface area contributed by atoms with Gasteiger partial charge in [0.1, 0.15) is 11.5 Å². The van der Waals surface area contributed by atoms with Crippen molar-refractivity contribution in [3.63, 3.8) is 0 Å². The maximum absolute atomic E-state index is 13.0. The average Bonchev–Trinajstić information content (AvgIpc) is 3.91. The van der Waals surface area contributed by atoms with E-state index in [1.165, 1.54) is 24.0 Å². The van der Waals surface area contributed by atoms with Crippen molar-refractivity contribution in [1.82, 2.24) is 0 Å². The number of methoxy groups -OCH3 is 2. The van der Waals surface area contributed by atoms with Gasteiger partial charge in [0.15, 0.2) is 19.7 Å². The van der Waals surface area contributed by atoms with E-state index in [9.17, 15) is 37.3 Å². The Morgan fingerprint density at radius 1 is 0.597 bits per heavy atom. The van der Waals surface area contributed by atoms with E-state index in [-0.39, 0.29) is 22.3 Å². The van der Waals surface area contributed by atoms with Crippen LogP contribution in [0.2, 0.25) is 0 Å². The minimum Gasteiger partial charge on any atom is -0.497 e. The molecule has 0 spiro atoms. The molecule has 12 atom stereocenters. The highest BCUT2D eigenvalue weighted by Crippen LogP contribution is 2.61. The van der Waals surface area contributed by atoms with Crippen molar-refractivity contribution in [2.45, 2.75) is 165 Å². The molecule has 396 valence electrons. The number of aliphatic hydroxyl groups is 4. The van der Waals surface area contributed by atoms with E-state index in [4.69, 9.17) is 9.47 Å². The van der Waals surface area contributed by atoms with Gasteiger partial charge in [0.25, 0.3) is 0 Å². The molecule has 0 saturated heterocycles. The van der Waals surface area contributed by atoms with Crippen molar-refractivity contribution in [3.05, 3.63) is 119 Å². The van der Waals surface area contributed by atoms with Crippen LogP contribution in [0.25, 0.3) is 0 Å². The summed E-state index contributed by atoms with van der Waals surface area (Å²) >= 11 is 0. The molecule has 6 aliphatic carbocycles. The summed E-state index contributed by atoms with van der Waals surface area (Å²) in [7, 11) is -3.51. The van der Waals surface area contributed by atoms with Crippen LogP contribution in [0.15, 0.2) is 129 Å². The highest BCUT2D eigenvalue weighted by Gasteiger charge is 2.52. The topological polar surface area (TPSA) is 168 Å². The number of rotatable bonds is 14. The van der Waals surface area contributed by atoms with Gasteiger partial charge >= 0.3 is 0 Å². The zero-order valence-corrected chi connectivity index (χ0v) is 45.5. The first-order valence-electron chi connectivity index (χ1n) is 26.7. The molecule has 12 heteroatoms. The van der Waals surface area contributed by atoms with Gasteiger partial charge in [-0.2, -0.15) is 0 Å². The van der Waals surface area contributed by atoms with Crippen LogP contribution in [0.5, 0.6) is 11.5 Å². The fourth-order valence-electron chi connectivity index (χ4n) is 14.2. The molecule has 6 saturated carbocycles. The van der Waals surface area contributed by atoms with Gasteiger partial charge in [-0.05, 0) is 207 Å². The molecule has 0 unspecified atom stereocenters. The zero-order chi connectivity index (χ0) is 52.2. The van der Waals surface area contributed by atoms with Crippen molar-refractivity contribution in [2.24, 2.45) is 46.3 Å². The lowest BCUT2D eigenvalue weighted by atomic mass is 9.61. The Balaban J connectivity index is 0.000000211. The summed E-state index contributed by atoms with van der Waals surface area (Å²) in [4.78, 5) is 0.725. The van der Waals surface area contributed by atoms with Crippen LogP contribution in [-0.4, -0.2) is 87.4 Å². The van der Waals surface area contributed by atoms with Gasteiger partial charge in [-0.15, -0.1) is 0 Å². The molecule has 72 heavy (non-hydrogen) atoms. The summed E-state index contributed by atoms with van der Waals surface area (Å²) in [5.74, 6) is 4.30. The first kappa shape index (κ1) is 56.0. The Bertz CT molecular complexity index is 2410. The monoisotopic (exact) mass is 1030 g/mol. The predicted molar refractivity (Wildman–Crippen MR) is 287 cm³/mol. The Labute approximate surface area is 431 Å². The van der Waals surface area contributed by atoms with Gasteiger partial charge in [0.2, 0.25) is 0 Å².